The summed E-state index contributed by atoms with van der Waals surface area (Å²) < 4.78 is 26.4. The molecule has 130 valence electrons. The Bertz CT molecular complexity index is 584. The first-order valence-electron chi connectivity index (χ1n) is 8.24. The molecule has 0 aliphatic heterocycles. The Morgan fingerprint density at radius 2 is 1.74 bits per heavy atom. The number of sulfonamides is 1. The van der Waals surface area contributed by atoms with Gasteiger partial charge in [-0.1, -0.05) is 57.6 Å². The summed E-state index contributed by atoms with van der Waals surface area (Å²) in [7, 11) is -3.31. The summed E-state index contributed by atoms with van der Waals surface area (Å²) >= 11 is 0. The molecule has 0 radical (unpaired) electrons. The highest BCUT2D eigenvalue weighted by molar-refractivity contribution is 7.89. The average molecular weight is 341 g/mol. The van der Waals surface area contributed by atoms with Crippen molar-refractivity contribution in [2.24, 2.45) is 0 Å². The fraction of sp³-hybridized carbons (Fsp3) is 0.588. The number of rotatable bonds is 12. The molecule has 0 fully saturated rings. The first-order chi connectivity index (χ1) is 10.9. The minimum Gasteiger partial charge on any atom is -0.478 e. The van der Waals surface area contributed by atoms with Crippen LogP contribution in [0.15, 0.2) is 24.3 Å². The highest BCUT2D eigenvalue weighted by Crippen LogP contribution is 2.09. The van der Waals surface area contributed by atoms with Crippen molar-refractivity contribution in [1.82, 2.24) is 4.72 Å². The standard InChI is InChI=1S/C17H27NO4S/c1-2-3-4-5-6-7-8-12-23(21,22)18-14-15-10-9-11-16(13-15)17(19)20/h9-11,13,18H,2-8,12,14H2,1H3,(H,19,20). The number of unbranched alkanes of at least 4 members (excludes halogenated alkanes) is 6. The molecule has 0 heterocycles. The van der Waals surface area contributed by atoms with Crippen LogP contribution in [0, 0.1) is 0 Å². The van der Waals surface area contributed by atoms with Crippen LogP contribution >= 0.6 is 0 Å². The van der Waals surface area contributed by atoms with E-state index in [9.17, 15) is 13.2 Å². The van der Waals surface area contributed by atoms with Crippen molar-refractivity contribution in [1.29, 1.82) is 0 Å². The predicted octanol–water partition coefficient (Wildman–Crippen LogP) is 3.55. The van der Waals surface area contributed by atoms with Crippen LogP contribution in [-0.4, -0.2) is 25.2 Å². The first-order valence-corrected chi connectivity index (χ1v) is 9.89. The fourth-order valence-electron chi connectivity index (χ4n) is 2.33. The molecule has 1 rings (SSSR count). The zero-order valence-electron chi connectivity index (χ0n) is 13.8. The molecule has 0 amide bonds. The Labute approximate surface area is 139 Å². The molecule has 6 heteroatoms. The summed E-state index contributed by atoms with van der Waals surface area (Å²) in [5.41, 5.74) is 0.807. The van der Waals surface area contributed by atoms with Crippen LogP contribution in [0.5, 0.6) is 0 Å². The van der Waals surface area contributed by atoms with Crippen molar-refractivity contribution in [2.75, 3.05) is 5.75 Å². The summed E-state index contributed by atoms with van der Waals surface area (Å²) in [6.45, 7) is 2.30. The van der Waals surface area contributed by atoms with Crippen molar-refractivity contribution in [2.45, 2.75) is 58.4 Å². The van der Waals surface area contributed by atoms with Gasteiger partial charge in [-0.05, 0) is 24.1 Å². The third kappa shape index (κ3) is 8.71. The first kappa shape index (κ1) is 19.6. The van der Waals surface area contributed by atoms with E-state index < -0.39 is 16.0 Å². The molecule has 0 unspecified atom stereocenters. The summed E-state index contributed by atoms with van der Waals surface area (Å²) in [6.07, 6.45) is 7.52. The second-order valence-electron chi connectivity index (χ2n) is 5.77. The lowest BCUT2D eigenvalue weighted by molar-refractivity contribution is 0.0696. The van der Waals surface area contributed by atoms with Gasteiger partial charge in [0, 0.05) is 6.54 Å². The molecule has 5 nitrogen and oxygen atoms in total. The molecule has 0 aliphatic rings. The highest BCUT2D eigenvalue weighted by atomic mass is 32.2. The van der Waals surface area contributed by atoms with Gasteiger partial charge in [0.05, 0.1) is 11.3 Å². The van der Waals surface area contributed by atoms with E-state index in [1.807, 2.05) is 0 Å². The Kier molecular flexibility index (Phi) is 8.87. The molecule has 0 saturated heterocycles. The quantitative estimate of drug-likeness (QED) is 0.569. The molecular weight excluding hydrogens is 314 g/mol. The molecule has 0 spiro atoms. The van der Waals surface area contributed by atoms with Gasteiger partial charge >= 0.3 is 5.97 Å². The minimum atomic E-state index is -3.31. The average Bonchev–Trinajstić information content (AvgIpc) is 2.52. The van der Waals surface area contributed by atoms with Gasteiger partial charge in [-0.15, -0.1) is 0 Å². The van der Waals surface area contributed by atoms with E-state index in [1.165, 1.54) is 37.8 Å². The van der Waals surface area contributed by atoms with Crippen LogP contribution in [-0.2, 0) is 16.6 Å². The number of nitrogens with one attached hydrogen (secondary N) is 1. The van der Waals surface area contributed by atoms with Crippen molar-refractivity contribution in [3.05, 3.63) is 35.4 Å². The van der Waals surface area contributed by atoms with E-state index in [4.69, 9.17) is 5.11 Å². The molecule has 1 aromatic carbocycles. The Hall–Kier alpha value is -1.40. The number of carboxylic acids is 1. The largest absolute Gasteiger partial charge is 0.478 e. The van der Waals surface area contributed by atoms with Crippen LogP contribution in [0.25, 0.3) is 0 Å². The Morgan fingerprint density at radius 3 is 2.39 bits per heavy atom. The third-order valence-electron chi connectivity index (χ3n) is 3.69. The van der Waals surface area contributed by atoms with E-state index in [0.717, 1.165) is 12.8 Å². The summed E-state index contributed by atoms with van der Waals surface area (Å²) in [6, 6.07) is 6.30. The van der Waals surface area contributed by atoms with Gasteiger partial charge in [0.15, 0.2) is 0 Å². The summed E-state index contributed by atoms with van der Waals surface area (Å²) in [5, 5.41) is 8.92. The van der Waals surface area contributed by atoms with Gasteiger partial charge in [0.1, 0.15) is 0 Å². The second kappa shape index (κ2) is 10.4. The van der Waals surface area contributed by atoms with E-state index in [2.05, 4.69) is 11.6 Å². The van der Waals surface area contributed by atoms with E-state index in [-0.39, 0.29) is 17.9 Å². The zero-order chi connectivity index (χ0) is 17.1. The number of carbonyl (C=O) groups is 1. The maximum atomic E-state index is 11.9. The van der Waals surface area contributed by atoms with E-state index >= 15 is 0 Å². The molecule has 1 aromatic rings. The number of aromatic carboxylic acids is 1. The number of benzene rings is 1. The van der Waals surface area contributed by atoms with Crippen LogP contribution in [0.4, 0.5) is 0 Å². The normalized spacial score (nSPS) is 11.5. The fourth-order valence-corrected chi connectivity index (χ4v) is 3.44. The second-order valence-corrected chi connectivity index (χ2v) is 7.69. The van der Waals surface area contributed by atoms with Gasteiger partial charge in [-0.25, -0.2) is 17.9 Å². The lowest BCUT2D eigenvalue weighted by Crippen LogP contribution is -2.26. The molecular formula is C17H27NO4S. The summed E-state index contributed by atoms with van der Waals surface area (Å²) in [5.74, 6) is -0.892. The molecule has 0 bridgehead atoms. The van der Waals surface area contributed by atoms with Crippen LogP contribution in [0.1, 0.15) is 67.8 Å². The molecule has 23 heavy (non-hydrogen) atoms. The molecule has 0 atom stereocenters. The Balaban J connectivity index is 2.30. The number of carboxylic acid groups (broad SMARTS) is 1. The molecule has 0 aliphatic carbocycles. The maximum Gasteiger partial charge on any atom is 0.335 e. The smallest absolute Gasteiger partial charge is 0.335 e. The van der Waals surface area contributed by atoms with E-state index in [0.29, 0.717) is 12.0 Å². The van der Waals surface area contributed by atoms with Crippen LogP contribution in [0.2, 0.25) is 0 Å². The molecule has 0 saturated carbocycles. The third-order valence-corrected chi connectivity index (χ3v) is 5.10. The van der Waals surface area contributed by atoms with Crippen molar-refractivity contribution >= 4 is 16.0 Å². The van der Waals surface area contributed by atoms with Crippen molar-refractivity contribution in [3.63, 3.8) is 0 Å². The van der Waals surface area contributed by atoms with Gasteiger partial charge < -0.3 is 5.11 Å². The minimum absolute atomic E-state index is 0.124. The predicted molar refractivity (Wildman–Crippen MR) is 92.0 cm³/mol. The van der Waals surface area contributed by atoms with Gasteiger partial charge in [-0.3, -0.25) is 0 Å². The monoisotopic (exact) mass is 341 g/mol. The summed E-state index contributed by atoms with van der Waals surface area (Å²) in [4.78, 5) is 10.9. The van der Waals surface area contributed by atoms with Gasteiger partial charge in [0.25, 0.3) is 0 Å². The number of hydrogen-bond donors (Lipinski definition) is 2. The van der Waals surface area contributed by atoms with E-state index in [1.54, 1.807) is 12.1 Å². The van der Waals surface area contributed by atoms with Gasteiger partial charge in [-0.2, -0.15) is 0 Å². The van der Waals surface area contributed by atoms with Gasteiger partial charge in [0.2, 0.25) is 10.0 Å². The van der Waals surface area contributed by atoms with Crippen LogP contribution < -0.4 is 4.72 Å². The maximum absolute atomic E-state index is 11.9. The van der Waals surface area contributed by atoms with Crippen molar-refractivity contribution < 1.29 is 18.3 Å². The molecule has 2 N–H and O–H groups in total. The van der Waals surface area contributed by atoms with Crippen molar-refractivity contribution in [3.8, 4) is 0 Å². The SMILES string of the molecule is CCCCCCCCCS(=O)(=O)NCc1cccc(C(=O)O)c1. The highest BCUT2D eigenvalue weighted by Gasteiger charge is 2.10. The number of hydrogen-bond acceptors (Lipinski definition) is 3. The lowest BCUT2D eigenvalue weighted by Gasteiger charge is -2.07. The lowest BCUT2D eigenvalue weighted by atomic mass is 10.1. The Morgan fingerprint density at radius 1 is 1.09 bits per heavy atom. The molecule has 0 aromatic heterocycles. The zero-order valence-corrected chi connectivity index (χ0v) is 14.6. The van der Waals surface area contributed by atoms with Crippen LogP contribution in [0.3, 0.4) is 0 Å². The topological polar surface area (TPSA) is 83.5 Å².